The monoisotopic (exact) mass is 297 g/mol. The van der Waals surface area contributed by atoms with Crippen LogP contribution in [0.4, 0.5) is 0 Å². The number of carbonyl (C=O) groups excluding carboxylic acids is 2. The first-order valence-corrected chi connectivity index (χ1v) is 7.68. The molecule has 2 amide bonds. The third kappa shape index (κ3) is 4.94. The summed E-state index contributed by atoms with van der Waals surface area (Å²) in [7, 11) is 0. The Kier molecular flexibility index (Phi) is 6.67. The first-order valence-electron chi connectivity index (χ1n) is 6.80. The minimum Gasteiger partial charge on any atom is -0.350 e. The predicted molar refractivity (Wildman–Crippen MR) is 81.4 cm³/mol. The highest BCUT2D eigenvalue weighted by atomic mass is 32.1. The van der Waals surface area contributed by atoms with Gasteiger partial charge in [-0.2, -0.15) is 0 Å². The van der Waals surface area contributed by atoms with Crippen LogP contribution in [-0.4, -0.2) is 24.4 Å². The van der Waals surface area contributed by atoms with Gasteiger partial charge in [0.15, 0.2) is 0 Å². The number of hydrogen-bond donors (Lipinski definition) is 3. The van der Waals surface area contributed by atoms with E-state index in [1.165, 1.54) is 5.56 Å². The molecule has 1 rings (SSSR count). The van der Waals surface area contributed by atoms with Gasteiger partial charge in [-0.1, -0.05) is 20.8 Å². The van der Waals surface area contributed by atoms with Gasteiger partial charge in [-0.05, 0) is 29.3 Å². The van der Waals surface area contributed by atoms with E-state index >= 15 is 0 Å². The van der Waals surface area contributed by atoms with E-state index in [1.807, 2.05) is 19.2 Å². The van der Waals surface area contributed by atoms with Crippen LogP contribution in [0.5, 0.6) is 0 Å². The van der Waals surface area contributed by atoms with Crippen molar-refractivity contribution in [3.8, 4) is 0 Å². The summed E-state index contributed by atoms with van der Waals surface area (Å²) in [5.74, 6) is -0.443. The first-order chi connectivity index (χ1) is 9.45. The molecule has 0 saturated heterocycles. The van der Waals surface area contributed by atoms with Crippen LogP contribution in [0.1, 0.15) is 31.2 Å². The molecule has 4 N–H and O–H groups in total. The summed E-state index contributed by atoms with van der Waals surface area (Å²) in [6, 6.07) is 1.49. The van der Waals surface area contributed by atoms with E-state index < -0.39 is 6.04 Å². The molecular weight excluding hydrogens is 274 g/mol. The molecule has 1 aromatic heterocycles. The van der Waals surface area contributed by atoms with E-state index in [-0.39, 0.29) is 24.3 Å². The van der Waals surface area contributed by atoms with Crippen molar-refractivity contribution in [2.24, 2.45) is 11.7 Å². The molecule has 1 heterocycles. The molecule has 0 bridgehead atoms. The van der Waals surface area contributed by atoms with Gasteiger partial charge in [0.2, 0.25) is 11.8 Å². The van der Waals surface area contributed by atoms with Crippen molar-refractivity contribution in [1.29, 1.82) is 0 Å². The Morgan fingerprint density at radius 2 is 2.05 bits per heavy atom. The lowest BCUT2D eigenvalue weighted by atomic mass is 10.1. The van der Waals surface area contributed by atoms with E-state index in [2.05, 4.69) is 23.6 Å². The van der Waals surface area contributed by atoms with Gasteiger partial charge in [-0.25, -0.2) is 0 Å². The van der Waals surface area contributed by atoms with Crippen molar-refractivity contribution in [3.63, 3.8) is 0 Å². The van der Waals surface area contributed by atoms with Crippen LogP contribution in [-0.2, 0) is 22.6 Å². The van der Waals surface area contributed by atoms with Gasteiger partial charge in [-0.3, -0.25) is 9.59 Å². The topological polar surface area (TPSA) is 84.2 Å². The zero-order valence-electron chi connectivity index (χ0n) is 12.2. The summed E-state index contributed by atoms with van der Waals surface area (Å²) < 4.78 is 0. The summed E-state index contributed by atoms with van der Waals surface area (Å²) >= 11 is 1.63. The summed E-state index contributed by atoms with van der Waals surface area (Å²) in [4.78, 5) is 24.4. The molecule has 0 radical (unpaired) electrons. The molecule has 20 heavy (non-hydrogen) atoms. The molecule has 5 nitrogen and oxygen atoms in total. The maximum absolute atomic E-state index is 11.7. The maximum Gasteiger partial charge on any atom is 0.239 e. The van der Waals surface area contributed by atoms with Gasteiger partial charge in [0.05, 0.1) is 19.1 Å². The maximum atomic E-state index is 11.7. The molecule has 0 aliphatic rings. The molecule has 0 unspecified atom stereocenters. The van der Waals surface area contributed by atoms with Crippen molar-refractivity contribution in [2.45, 2.75) is 39.8 Å². The van der Waals surface area contributed by atoms with Crippen LogP contribution < -0.4 is 16.4 Å². The highest BCUT2D eigenvalue weighted by Crippen LogP contribution is 2.16. The molecule has 0 spiro atoms. The number of rotatable bonds is 7. The largest absolute Gasteiger partial charge is 0.350 e. The summed E-state index contributed by atoms with van der Waals surface area (Å²) in [6.45, 7) is 6.29. The number of thiophene rings is 1. The number of nitrogens with two attached hydrogens (primary N) is 1. The number of aryl methyl sites for hydroxylation is 1. The molecule has 0 aliphatic carbocycles. The number of hydrogen-bond acceptors (Lipinski definition) is 4. The Balaban J connectivity index is 2.32. The van der Waals surface area contributed by atoms with Crippen LogP contribution >= 0.6 is 11.3 Å². The third-order valence-corrected chi connectivity index (χ3v) is 4.07. The summed E-state index contributed by atoms with van der Waals surface area (Å²) in [5.41, 5.74) is 6.94. The van der Waals surface area contributed by atoms with Gasteiger partial charge in [0.1, 0.15) is 0 Å². The molecule has 6 heteroatoms. The van der Waals surface area contributed by atoms with E-state index in [0.717, 1.165) is 11.3 Å². The minimum absolute atomic E-state index is 0.0356. The highest BCUT2D eigenvalue weighted by molar-refractivity contribution is 7.10. The second-order valence-corrected chi connectivity index (χ2v) is 5.99. The van der Waals surface area contributed by atoms with Crippen molar-refractivity contribution in [1.82, 2.24) is 10.6 Å². The van der Waals surface area contributed by atoms with E-state index in [1.54, 1.807) is 11.3 Å². The Bertz CT molecular complexity index is 457. The second kappa shape index (κ2) is 8.01. The van der Waals surface area contributed by atoms with Crippen LogP contribution in [0.3, 0.4) is 0 Å². The quantitative estimate of drug-likeness (QED) is 0.702. The number of nitrogens with one attached hydrogen (secondary N) is 2. The standard InChI is InChI=1S/C14H23N3O2S/c1-4-10-5-6-20-11(10)7-16-12(18)8-17-14(19)13(15)9(2)3/h5-6,9,13H,4,7-8,15H2,1-3H3,(H,16,18)(H,17,19)/t13-/m0/s1. The van der Waals surface area contributed by atoms with Gasteiger partial charge in [-0.15, -0.1) is 11.3 Å². The smallest absolute Gasteiger partial charge is 0.239 e. The molecule has 0 saturated carbocycles. The molecule has 0 aromatic carbocycles. The van der Waals surface area contributed by atoms with Crippen molar-refractivity contribution in [3.05, 3.63) is 21.9 Å². The number of amides is 2. The normalized spacial score (nSPS) is 12.2. The minimum atomic E-state index is -0.577. The zero-order chi connectivity index (χ0) is 15.1. The fourth-order valence-electron chi connectivity index (χ4n) is 1.67. The molecule has 112 valence electrons. The Hall–Kier alpha value is -1.40. The second-order valence-electron chi connectivity index (χ2n) is 4.99. The summed E-state index contributed by atoms with van der Waals surface area (Å²) in [5, 5.41) is 7.37. The van der Waals surface area contributed by atoms with Crippen LogP contribution in [0.25, 0.3) is 0 Å². The molecule has 1 aromatic rings. The molecule has 0 aliphatic heterocycles. The van der Waals surface area contributed by atoms with E-state index in [0.29, 0.717) is 6.54 Å². The van der Waals surface area contributed by atoms with Gasteiger partial charge < -0.3 is 16.4 Å². The fourth-order valence-corrected chi connectivity index (χ4v) is 2.58. The lowest BCUT2D eigenvalue weighted by Crippen LogP contribution is -2.47. The average molecular weight is 297 g/mol. The highest BCUT2D eigenvalue weighted by Gasteiger charge is 2.17. The molecular formula is C14H23N3O2S. The van der Waals surface area contributed by atoms with E-state index in [9.17, 15) is 9.59 Å². The Morgan fingerprint density at radius 1 is 1.35 bits per heavy atom. The van der Waals surface area contributed by atoms with Gasteiger partial charge in [0.25, 0.3) is 0 Å². The Labute approximate surface area is 123 Å². The van der Waals surface area contributed by atoms with Gasteiger partial charge in [0, 0.05) is 4.88 Å². The average Bonchev–Trinajstić information content (AvgIpc) is 2.88. The van der Waals surface area contributed by atoms with Gasteiger partial charge >= 0.3 is 0 Å². The summed E-state index contributed by atoms with van der Waals surface area (Å²) in [6.07, 6.45) is 0.953. The molecule has 1 atom stereocenters. The van der Waals surface area contributed by atoms with E-state index in [4.69, 9.17) is 5.73 Å². The predicted octanol–water partition coefficient (Wildman–Crippen LogP) is 1.03. The lowest BCUT2D eigenvalue weighted by Gasteiger charge is -2.15. The third-order valence-electron chi connectivity index (χ3n) is 3.11. The van der Waals surface area contributed by atoms with Crippen molar-refractivity contribution in [2.75, 3.05) is 6.54 Å². The van der Waals surface area contributed by atoms with Crippen LogP contribution in [0.15, 0.2) is 11.4 Å². The number of carbonyl (C=O) groups is 2. The lowest BCUT2D eigenvalue weighted by molar-refractivity contribution is -0.127. The first kappa shape index (κ1) is 16.7. The zero-order valence-corrected chi connectivity index (χ0v) is 13.0. The SMILES string of the molecule is CCc1ccsc1CNC(=O)CNC(=O)[C@@H](N)C(C)C. The van der Waals surface area contributed by atoms with Crippen LogP contribution in [0.2, 0.25) is 0 Å². The van der Waals surface area contributed by atoms with Crippen molar-refractivity contribution >= 4 is 23.2 Å². The fraction of sp³-hybridized carbons (Fsp3) is 0.571. The van der Waals surface area contributed by atoms with Crippen LogP contribution in [0, 0.1) is 5.92 Å². The van der Waals surface area contributed by atoms with Crippen molar-refractivity contribution < 1.29 is 9.59 Å². The Morgan fingerprint density at radius 3 is 2.65 bits per heavy atom. The molecule has 0 fully saturated rings.